The molecule has 0 saturated carbocycles. The highest BCUT2D eigenvalue weighted by atomic mass is 16.6. The summed E-state index contributed by atoms with van der Waals surface area (Å²) in [6.07, 6.45) is -0.290. The third-order valence-corrected chi connectivity index (χ3v) is 3.89. The molecule has 1 aromatic heterocycles. The Morgan fingerprint density at radius 1 is 1.32 bits per heavy atom. The Kier molecular flexibility index (Phi) is 4.87. The fourth-order valence-corrected chi connectivity index (χ4v) is 2.46. The molecular weight excluding hydrogens is 322 g/mol. The van der Waals surface area contributed by atoms with Gasteiger partial charge >= 0.3 is 12.1 Å². The SMILES string of the molecule is CC(C)c1cc(NC(=O)Nc2ccc(CN3CCOC3=O)cc2)n[nH]1. The molecular formula is C17H21N5O3. The molecule has 1 aliphatic rings. The van der Waals surface area contributed by atoms with Crippen LogP contribution >= 0.6 is 0 Å². The third-order valence-electron chi connectivity index (χ3n) is 3.89. The lowest BCUT2D eigenvalue weighted by Crippen LogP contribution is -2.23. The topological polar surface area (TPSA) is 99.4 Å². The number of hydrogen-bond acceptors (Lipinski definition) is 4. The van der Waals surface area contributed by atoms with E-state index < -0.39 is 0 Å². The van der Waals surface area contributed by atoms with Crippen LogP contribution in [0.4, 0.5) is 21.1 Å². The van der Waals surface area contributed by atoms with E-state index in [1.54, 1.807) is 17.0 Å². The largest absolute Gasteiger partial charge is 0.448 e. The second-order valence-electron chi connectivity index (χ2n) is 6.18. The van der Waals surface area contributed by atoms with Crippen LogP contribution in [-0.2, 0) is 11.3 Å². The van der Waals surface area contributed by atoms with Gasteiger partial charge in [0.2, 0.25) is 0 Å². The first-order valence-electron chi connectivity index (χ1n) is 8.15. The van der Waals surface area contributed by atoms with E-state index in [4.69, 9.17) is 4.74 Å². The zero-order valence-corrected chi connectivity index (χ0v) is 14.2. The minimum atomic E-state index is -0.363. The lowest BCUT2D eigenvalue weighted by molar-refractivity contribution is 0.157. The van der Waals surface area contributed by atoms with Crippen LogP contribution < -0.4 is 10.6 Å². The van der Waals surface area contributed by atoms with Crippen molar-refractivity contribution >= 4 is 23.6 Å². The number of urea groups is 1. The molecule has 8 nitrogen and oxygen atoms in total. The van der Waals surface area contributed by atoms with Gasteiger partial charge in [0.05, 0.1) is 6.54 Å². The van der Waals surface area contributed by atoms with Gasteiger partial charge in [0.25, 0.3) is 0 Å². The molecule has 1 aliphatic heterocycles. The highest BCUT2D eigenvalue weighted by Gasteiger charge is 2.21. The highest BCUT2D eigenvalue weighted by Crippen LogP contribution is 2.16. The van der Waals surface area contributed by atoms with E-state index in [-0.39, 0.29) is 12.1 Å². The van der Waals surface area contributed by atoms with Gasteiger partial charge in [-0.05, 0) is 23.6 Å². The summed E-state index contributed by atoms with van der Waals surface area (Å²) < 4.78 is 4.90. The minimum absolute atomic E-state index is 0.290. The van der Waals surface area contributed by atoms with Crippen molar-refractivity contribution in [3.05, 3.63) is 41.6 Å². The minimum Gasteiger partial charge on any atom is -0.448 e. The van der Waals surface area contributed by atoms with Crippen molar-refractivity contribution in [2.75, 3.05) is 23.8 Å². The number of hydrogen-bond donors (Lipinski definition) is 3. The fraction of sp³-hybridized carbons (Fsp3) is 0.353. The summed E-state index contributed by atoms with van der Waals surface area (Å²) in [7, 11) is 0. The first-order chi connectivity index (χ1) is 12.0. The van der Waals surface area contributed by atoms with E-state index in [1.807, 2.05) is 32.0 Å². The third kappa shape index (κ3) is 4.28. The number of aromatic amines is 1. The number of carbonyl (C=O) groups is 2. The van der Waals surface area contributed by atoms with Gasteiger partial charge in [-0.25, -0.2) is 9.59 Å². The first-order valence-corrected chi connectivity index (χ1v) is 8.15. The number of rotatable bonds is 5. The predicted octanol–water partition coefficient (Wildman–Crippen LogP) is 3.13. The van der Waals surface area contributed by atoms with Crippen LogP contribution in [0.2, 0.25) is 0 Å². The van der Waals surface area contributed by atoms with E-state index in [9.17, 15) is 9.59 Å². The van der Waals surface area contributed by atoms with Crippen LogP contribution in [0.1, 0.15) is 31.0 Å². The molecule has 0 radical (unpaired) electrons. The van der Waals surface area contributed by atoms with Gasteiger partial charge in [0.15, 0.2) is 5.82 Å². The molecule has 3 amide bonds. The Morgan fingerprint density at radius 3 is 2.68 bits per heavy atom. The number of anilines is 2. The van der Waals surface area contributed by atoms with Gasteiger partial charge in [-0.3, -0.25) is 10.4 Å². The van der Waals surface area contributed by atoms with Crippen LogP contribution in [0, 0.1) is 0 Å². The average Bonchev–Trinajstić information content (AvgIpc) is 3.19. The van der Waals surface area contributed by atoms with Gasteiger partial charge in [-0.1, -0.05) is 26.0 Å². The van der Waals surface area contributed by atoms with Gasteiger partial charge in [0, 0.05) is 24.0 Å². The molecule has 0 aliphatic carbocycles. The van der Waals surface area contributed by atoms with Crippen molar-refractivity contribution in [3.8, 4) is 0 Å². The molecule has 1 aromatic carbocycles. The molecule has 1 saturated heterocycles. The number of H-pyrrole nitrogens is 1. The first kappa shape index (κ1) is 16.8. The van der Waals surface area contributed by atoms with Crippen LogP contribution in [0.3, 0.4) is 0 Å². The Balaban J connectivity index is 1.53. The lowest BCUT2D eigenvalue weighted by atomic mass is 10.1. The molecule has 132 valence electrons. The maximum atomic E-state index is 12.0. The van der Waals surface area contributed by atoms with E-state index in [0.29, 0.717) is 37.1 Å². The maximum absolute atomic E-state index is 12.0. The number of benzene rings is 1. The van der Waals surface area contributed by atoms with Crippen molar-refractivity contribution < 1.29 is 14.3 Å². The molecule has 0 spiro atoms. The molecule has 2 aromatic rings. The predicted molar refractivity (Wildman–Crippen MR) is 93.5 cm³/mol. The number of ether oxygens (including phenoxy) is 1. The summed E-state index contributed by atoms with van der Waals surface area (Å²) in [5.41, 5.74) is 2.59. The van der Waals surface area contributed by atoms with E-state index in [1.165, 1.54) is 0 Å². The smallest absolute Gasteiger partial charge is 0.410 e. The average molecular weight is 343 g/mol. The van der Waals surface area contributed by atoms with E-state index >= 15 is 0 Å². The fourth-order valence-electron chi connectivity index (χ4n) is 2.46. The number of aromatic nitrogens is 2. The zero-order chi connectivity index (χ0) is 17.8. The molecule has 1 fully saturated rings. The summed E-state index contributed by atoms with van der Waals surface area (Å²) in [5, 5.41) is 12.4. The lowest BCUT2D eigenvalue weighted by Gasteiger charge is -2.13. The number of amides is 3. The van der Waals surface area contributed by atoms with Gasteiger partial charge < -0.3 is 15.0 Å². The number of cyclic esters (lactones) is 1. The van der Waals surface area contributed by atoms with Crippen LogP contribution in [-0.4, -0.2) is 40.4 Å². The van der Waals surface area contributed by atoms with Crippen LogP contribution in [0.15, 0.2) is 30.3 Å². The molecule has 0 bridgehead atoms. The quantitative estimate of drug-likeness (QED) is 0.776. The van der Waals surface area contributed by atoms with Gasteiger partial charge in [0.1, 0.15) is 6.61 Å². The van der Waals surface area contributed by atoms with Gasteiger partial charge in [-0.2, -0.15) is 5.10 Å². The molecule has 3 N–H and O–H groups in total. The Labute approximate surface area is 145 Å². The Hall–Kier alpha value is -3.03. The standard InChI is InChI=1S/C17H21N5O3/c1-11(2)14-9-15(21-20-14)19-16(23)18-13-5-3-12(4-6-13)10-22-7-8-25-17(22)24/h3-6,9,11H,7-8,10H2,1-2H3,(H3,18,19,20,21,23). The molecule has 25 heavy (non-hydrogen) atoms. The second-order valence-corrected chi connectivity index (χ2v) is 6.18. The zero-order valence-electron chi connectivity index (χ0n) is 14.2. The summed E-state index contributed by atoms with van der Waals surface area (Å²) in [4.78, 5) is 25.1. The molecule has 0 unspecified atom stereocenters. The molecule has 2 heterocycles. The van der Waals surface area contributed by atoms with Crippen molar-refractivity contribution in [1.29, 1.82) is 0 Å². The van der Waals surface area contributed by atoms with E-state index in [0.717, 1.165) is 11.3 Å². The van der Waals surface area contributed by atoms with Crippen molar-refractivity contribution in [2.45, 2.75) is 26.3 Å². The van der Waals surface area contributed by atoms with Crippen LogP contribution in [0.5, 0.6) is 0 Å². The monoisotopic (exact) mass is 343 g/mol. The Bertz CT molecular complexity index is 754. The van der Waals surface area contributed by atoms with Crippen molar-refractivity contribution in [1.82, 2.24) is 15.1 Å². The van der Waals surface area contributed by atoms with E-state index in [2.05, 4.69) is 20.8 Å². The van der Waals surface area contributed by atoms with Crippen molar-refractivity contribution in [3.63, 3.8) is 0 Å². The van der Waals surface area contributed by atoms with Crippen molar-refractivity contribution in [2.24, 2.45) is 0 Å². The maximum Gasteiger partial charge on any atom is 0.410 e. The number of carbonyl (C=O) groups excluding carboxylic acids is 2. The van der Waals surface area contributed by atoms with Gasteiger partial charge in [-0.15, -0.1) is 0 Å². The summed E-state index contributed by atoms with van der Waals surface area (Å²) in [6, 6.07) is 8.76. The molecule has 3 rings (SSSR count). The highest BCUT2D eigenvalue weighted by molar-refractivity contribution is 5.99. The molecule has 8 heteroatoms. The normalized spacial score (nSPS) is 13.9. The van der Waals surface area contributed by atoms with Crippen LogP contribution in [0.25, 0.3) is 0 Å². The summed E-state index contributed by atoms with van der Waals surface area (Å²) in [6.45, 7) is 5.62. The number of nitrogens with one attached hydrogen (secondary N) is 3. The second kappa shape index (κ2) is 7.25. The summed E-state index contributed by atoms with van der Waals surface area (Å²) in [5.74, 6) is 0.789. The molecule has 0 atom stereocenters. The Morgan fingerprint density at radius 2 is 2.08 bits per heavy atom. The number of nitrogens with zero attached hydrogens (tertiary/aromatic N) is 2. The summed E-state index contributed by atoms with van der Waals surface area (Å²) >= 11 is 0.